The van der Waals surface area contributed by atoms with E-state index in [1.54, 1.807) is 19.1 Å². The molecule has 0 saturated carbocycles. The molecule has 0 amide bonds. The Balaban J connectivity index is 2.42. The molecule has 3 aromatic rings. The second-order valence-corrected chi connectivity index (χ2v) is 6.97. The molecule has 9 heteroatoms. The Morgan fingerprint density at radius 3 is 1.97 bits per heavy atom. The minimum absolute atomic E-state index is 0.00605. The van der Waals surface area contributed by atoms with E-state index >= 15 is 0 Å². The van der Waals surface area contributed by atoms with Gasteiger partial charge in [0.15, 0.2) is 17.3 Å². The van der Waals surface area contributed by atoms with E-state index in [0.29, 0.717) is 23.5 Å². The van der Waals surface area contributed by atoms with Gasteiger partial charge in [-0.3, -0.25) is 4.99 Å². The first-order chi connectivity index (χ1) is 13.8. The van der Waals surface area contributed by atoms with Crippen LogP contribution in [0.1, 0.15) is 19.5 Å². The van der Waals surface area contributed by atoms with Gasteiger partial charge in [-0.2, -0.15) is 0 Å². The first-order valence-electron chi connectivity index (χ1n) is 8.64. The molecule has 0 spiro atoms. The van der Waals surface area contributed by atoms with Crippen molar-refractivity contribution < 1.29 is 25.5 Å². The molecule has 3 rings (SSSR count). The van der Waals surface area contributed by atoms with E-state index in [9.17, 15) is 25.5 Å². The minimum atomic E-state index is -1.04. The second kappa shape index (κ2) is 7.96. The highest BCUT2D eigenvalue weighted by molar-refractivity contribution is 9.10. The van der Waals surface area contributed by atoms with Crippen molar-refractivity contribution in [2.75, 3.05) is 0 Å². The van der Waals surface area contributed by atoms with Crippen LogP contribution in [0.25, 0.3) is 22.6 Å². The number of phenols is 5. The van der Waals surface area contributed by atoms with Gasteiger partial charge in [-0.05, 0) is 25.5 Å². The van der Waals surface area contributed by atoms with Gasteiger partial charge in [-0.1, -0.05) is 35.0 Å². The van der Waals surface area contributed by atoms with Gasteiger partial charge in [0.1, 0.15) is 11.4 Å². The highest BCUT2D eigenvalue weighted by Gasteiger charge is 2.28. The first kappa shape index (κ1) is 20.4. The van der Waals surface area contributed by atoms with Crippen LogP contribution in [0, 0.1) is 0 Å². The van der Waals surface area contributed by atoms with Crippen LogP contribution in [0.15, 0.2) is 33.7 Å². The molecule has 1 heterocycles. The quantitative estimate of drug-likeness (QED) is 0.221. The number of phenolic OH excluding ortho intramolecular Hbond substituents is 5. The fourth-order valence-corrected chi connectivity index (χ4v) is 3.09. The number of aliphatic imine (C=N–C) groups is 1. The third kappa shape index (κ3) is 3.56. The SMILES string of the molecule is CC=Nc1c(CC)nc(-c2ccc(Br)cc2)nc1-c1c(O)c(O)c(O)c(O)c1O. The number of aromatic hydroxyl groups is 5. The van der Waals surface area contributed by atoms with Crippen molar-refractivity contribution in [1.29, 1.82) is 0 Å². The van der Waals surface area contributed by atoms with Crippen molar-refractivity contribution >= 4 is 27.8 Å². The summed E-state index contributed by atoms with van der Waals surface area (Å²) in [6.45, 7) is 3.54. The molecule has 150 valence electrons. The van der Waals surface area contributed by atoms with Crippen molar-refractivity contribution in [3.63, 3.8) is 0 Å². The van der Waals surface area contributed by atoms with Gasteiger partial charge >= 0.3 is 0 Å². The van der Waals surface area contributed by atoms with E-state index in [-0.39, 0.29) is 16.9 Å². The van der Waals surface area contributed by atoms with Crippen molar-refractivity contribution in [3.05, 3.63) is 34.4 Å². The average molecular weight is 460 g/mol. The molecule has 29 heavy (non-hydrogen) atoms. The average Bonchev–Trinajstić information content (AvgIpc) is 2.72. The van der Waals surface area contributed by atoms with Crippen molar-refractivity contribution in [3.8, 4) is 51.4 Å². The lowest BCUT2D eigenvalue weighted by molar-refractivity contribution is 0.330. The number of rotatable bonds is 4. The van der Waals surface area contributed by atoms with Gasteiger partial charge in [-0.15, -0.1) is 0 Å². The molecule has 0 aliphatic carbocycles. The molecule has 0 radical (unpaired) electrons. The topological polar surface area (TPSA) is 139 Å². The summed E-state index contributed by atoms with van der Waals surface area (Å²) in [6, 6.07) is 7.21. The van der Waals surface area contributed by atoms with Crippen LogP contribution in [-0.4, -0.2) is 41.7 Å². The Labute approximate surface area is 174 Å². The van der Waals surface area contributed by atoms with E-state index < -0.39 is 28.7 Å². The maximum atomic E-state index is 10.4. The molecule has 8 nitrogen and oxygen atoms in total. The van der Waals surface area contributed by atoms with E-state index in [2.05, 4.69) is 30.9 Å². The molecule has 5 N–H and O–H groups in total. The maximum Gasteiger partial charge on any atom is 0.208 e. The van der Waals surface area contributed by atoms with E-state index in [1.807, 2.05) is 19.1 Å². The van der Waals surface area contributed by atoms with Crippen LogP contribution < -0.4 is 0 Å². The van der Waals surface area contributed by atoms with Crippen LogP contribution >= 0.6 is 15.9 Å². The summed E-state index contributed by atoms with van der Waals surface area (Å²) in [5, 5.41) is 50.4. The van der Waals surface area contributed by atoms with Crippen LogP contribution in [-0.2, 0) is 6.42 Å². The summed E-state index contributed by atoms with van der Waals surface area (Å²) in [6.07, 6.45) is 1.96. The zero-order valence-corrected chi connectivity index (χ0v) is 17.1. The highest BCUT2D eigenvalue weighted by Crippen LogP contribution is 2.56. The second-order valence-electron chi connectivity index (χ2n) is 6.06. The summed E-state index contributed by atoms with van der Waals surface area (Å²) in [7, 11) is 0. The van der Waals surface area contributed by atoms with Crippen LogP contribution in [0.5, 0.6) is 28.7 Å². The predicted molar refractivity (Wildman–Crippen MR) is 112 cm³/mol. The van der Waals surface area contributed by atoms with Gasteiger partial charge in [0.2, 0.25) is 17.2 Å². The molecule has 0 aliphatic rings. The number of aromatic nitrogens is 2. The van der Waals surface area contributed by atoms with E-state index in [0.717, 1.165) is 4.47 Å². The van der Waals surface area contributed by atoms with Gasteiger partial charge < -0.3 is 25.5 Å². The number of benzene rings is 2. The normalized spacial score (nSPS) is 11.3. The van der Waals surface area contributed by atoms with E-state index in [4.69, 9.17) is 0 Å². The van der Waals surface area contributed by atoms with Crippen LogP contribution in [0.2, 0.25) is 0 Å². The number of hydrogen-bond acceptors (Lipinski definition) is 8. The Hall–Kier alpha value is -3.33. The van der Waals surface area contributed by atoms with Gasteiger partial charge in [0.05, 0.1) is 11.3 Å². The number of nitrogens with zero attached hydrogens (tertiary/aromatic N) is 3. The lowest BCUT2D eigenvalue weighted by Crippen LogP contribution is -2.00. The summed E-state index contributed by atoms with van der Waals surface area (Å²) < 4.78 is 0.869. The molecule has 1 aromatic heterocycles. The lowest BCUT2D eigenvalue weighted by atomic mass is 10.0. The molecule has 0 unspecified atom stereocenters. The number of aryl methyl sites for hydroxylation is 1. The fourth-order valence-electron chi connectivity index (χ4n) is 2.82. The predicted octanol–water partition coefficient (Wildman–Crippen LogP) is 4.39. The monoisotopic (exact) mass is 459 g/mol. The summed E-state index contributed by atoms with van der Waals surface area (Å²) >= 11 is 3.37. The van der Waals surface area contributed by atoms with Gasteiger partial charge in [-0.25, -0.2) is 9.97 Å². The van der Waals surface area contributed by atoms with E-state index in [1.165, 1.54) is 6.21 Å². The molecule has 2 aromatic carbocycles. The zero-order chi connectivity index (χ0) is 21.3. The molecule has 0 atom stereocenters. The third-order valence-corrected chi connectivity index (χ3v) is 4.79. The largest absolute Gasteiger partial charge is 0.504 e. The highest BCUT2D eigenvalue weighted by atomic mass is 79.9. The Kier molecular flexibility index (Phi) is 5.60. The van der Waals surface area contributed by atoms with Crippen LogP contribution in [0.4, 0.5) is 5.69 Å². The maximum absolute atomic E-state index is 10.4. The Morgan fingerprint density at radius 1 is 0.897 bits per heavy atom. The molecule has 0 aliphatic heterocycles. The van der Waals surface area contributed by atoms with Crippen molar-refractivity contribution in [2.24, 2.45) is 4.99 Å². The summed E-state index contributed by atoms with van der Waals surface area (Å²) in [4.78, 5) is 13.2. The molecular weight excluding hydrogens is 442 g/mol. The molecular formula is C20H18BrN3O5. The molecule has 0 saturated heterocycles. The Morgan fingerprint density at radius 2 is 1.45 bits per heavy atom. The van der Waals surface area contributed by atoms with Gasteiger partial charge in [0, 0.05) is 16.3 Å². The number of hydrogen-bond donors (Lipinski definition) is 5. The van der Waals surface area contributed by atoms with Gasteiger partial charge in [0.25, 0.3) is 0 Å². The number of halogens is 1. The van der Waals surface area contributed by atoms with Crippen molar-refractivity contribution in [1.82, 2.24) is 9.97 Å². The zero-order valence-electron chi connectivity index (χ0n) is 15.5. The lowest BCUT2D eigenvalue weighted by Gasteiger charge is -2.16. The summed E-state index contributed by atoms with van der Waals surface area (Å²) in [5.41, 5.74) is 1.08. The smallest absolute Gasteiger partial charge is 0.208 e. The Bertz CT molecular complexity index is 1090. The van der Waals surface area contributed by atoms with Crippen LogP contribution in [0.3, 0.4) is 0 Å². The summed E-state index contributed by atoms with van der Waals surface area (Å²) in [5.74, 6) is -4.39. The molecule has 0 fully saturated rings. The van der Waals surface area contributed by atoms with Crippen molar-refractivity contribution in [2.45, 2.75) is 20.3 Å². The third-order valence-electron chi connectivity index (χ3n) is 4.26. The first-order valence-corrected chi connectivity index (χ1v) is 9.44. The fraction of sp³-hybridized carbons (Fsp3) is 0.150. The minimum Gasteiger partial charge on any atom is -0.504 e. The molecule has 0 bridgehead atoms. The standard InChI is InChI=1S/C20H18BrN3O5/c1-3-11-13(22-4-2)14(12-15(25)17(27)19(29)18(28)16(12)26)24-20(23-11)9-5-7-10(21)8-6-9/h4-8,25-29H,3H2,1-2H3.